The van der Waals surface area contributed by atoms with Gasteiger partial charge in [-0.25, -0.2) is 0 Å². The van der Waals surface area contributed by atoms with Gasteiger partial charge in [0.25, 0.3) is 0 Å². The Morgan fingerprint density at radius 1 is 1.22 bits per heavy atom. The van der Waals surface area contributed by atoms with Crippen LogP contribution in [-0.2, 0) is 11.2 Å². The molecule has 4 heteroatoms. The monoisotopic (exact) mass is 325 g/mol. The van der Waals surface area contributed by atoms with Gasteiger partial charge in [0.2, 0.25) is 0 Å². The van der Waals surface area contributed by atoms with Crippen molar-refractivity contribution in [1.29, 1.82) is 0 Å². The lowest BCUT2D eigenvalue weighted by atomic mass is 10.00. The van der Waals surface area contributed by atoms with Crippen LogP contribution in [0.1, 0.15) is 16.5 Å². The predicted octanol–water partition coefficient (Wildman–Crippen LogP) is 3.77. The standard InChI is InChI=1S/C14H16BrNOS/c1-17-14(10-5-3-2-4-6-10)12(16)9-11-7-8-13(15)18-11/h2-8,12,14H,9,16H2,1H3. The molecule has 2 N–H and O–H groups in total. The molecule has 1 aromatic heterocycles. The van der Waals surface area contributed by atoms with Gasteiger partial charge in [-0.1, -0.05) is 30.3 Å². The van der Waals surface area contributed by atoms with E-state index in [1.807, 2.05) is 18.2 Å². The number of hydrogen-bond donors (Lipinski definition) is 1. The molecule has 2 aromatic rings. The Morgan fingerprint density at radius 3 is 2.50 bits per heavy atom. The Balaban J connectivity index is 2.08. The predicted molar refractivity (Wildman–Crippen MR) is 79.9 cm³/mol. The van der Waals surface area contributed by atoms with Crippen LogP contribution in [0, 0.1) is 0 Å². The first-order chi connectivity index (χ1) is 8.70. The second kappa shape index (κ2) is 6.48. The average Bonchev–Trinajstić information content (AvgIpc) is 2.77. The van der Waals surface area contributed by atoms with Crippen LogP contribution < -0.4 is 5.73 Å². The lowest BCUT2D eigenvalue weighted by molar-refractivity contribution is 0.0805. The molecule has 0 aliphatic heterocycles. The molecule has 2 unspecified atom stereocenters. The smallest absolute Gasteiger partial charge is 0.0975 e. The van der Waals surface area contributed by atoms with Gasteiger partial charge >= 0.3 is 0 Å². The summed E-state index contributed by atoms with van der Waals surface area (Å²) in [6, 6.07) is 14.2. The Hall–Kier alpha value is -0.680. The van der Waals surface area contributed by atoms with Gasteiger partial charge in [0.05, 0.1) is 9.89 Å². The minimum absolute atomic E-state index is 0.0389. The van der Waals surface area contributed by atoms with Crippen LogP contribution in [0.15, 0.2) is 46.3 Å². The minimum Gasteiger partial charge on any atom is -0.375 e. The third kappa shape index (κ3) is 3.42. The van der Waals surface area contributed by atoms with E-state index in [9.17, 15) is 0 Å². The van der Waals surface area contributed by atoms with Crippen LogP contribution in [0.4, 0.5) is 0 Å². The fourth-order valence-corrected chi connectivity index (χ4v) is 3.56. The fraction of sp³-hybridized carbons (Fsp3) is 0.286. The van der Waals surface area contributed by atoms with E-state index in [0.29, 0.717) is 0 Å². The molecule has 0 radical (unpaired) electrons. The summed E-state index contributed by atoms with van der Waals surface area (Å²) in [6.45, 7) is 0. The molecule has 96 valence electrons. The van der Waals surface area contributed by atoms with E-state index >= 15 is 0 Å². The van der Waals surface area contributed by atoms with E-state index < -0.39 is 0 Å². The highest BCUT2D eigenvalue weighted by Gasteiger charge is 2.20. The van der Waals surface area contributed by atoms with Gasteiger partial charge in [0.1, 0.15) is 0 Å². The number of thiophene rings is 1. The number of methoxy groups -OCH3 is 1. The Bertz CT molecular complexity index is 486. The number of benzene rings is 1. The van der Waals surface area contributed by atoms with Gasteiger partial charge in [-0.05, 0) is 40.0 Å². The normalized spacial score (nSPS) is 14.4. The molecular weight excluding hydrogens is 310 g/mol. The number of halogens is 1. The molecule has 1 heterocycles. The first-order valence-electron chi connectivity index (χ1n) is 5.78. The van der Waals surface area contributed by atoms with Gasteiger partial charge < -0.3 is 10.5 Å². The molecule has 2 atom stereocenters. The SMILES string of the molecule is COC(c1ccccc1)C(N)Cc1ccc(Br)s1. The molecule has 0 aliphatic carbocycles. The number of ether oxygens (including phenoxy) is 1. The molecule has 0 fully saturated rings. The van der Waals surface area contributed by atoms with Gasteiger partial charge in [0, 0.05) is 18.0 Å². The molecule has 0 spiro atoms. The fourth-order valence-electron chi connectivity index (χ4n) is 2.00. The molecular formula is C14H16BrNOS. The van der Waals surface area contributed by atoms with Crippen molar-refractivity contribution in [2.24, 2.45) is 5.73 Å². The van der Waals surface area contributed by atoms with Gasteiger partial charge in [0.15, 0.2) is 0 Å². The van der Waals surface area contributed by atoms with Gasteiger partial charge in [-0.15, -0.1) is 11.3 Å². The summed E-state index contributed by atoms with van der Waals surface area (Å²) in [6.07, 6.45) is 0.760. The number of nitrogens with two attached hydrogens (primary N) is 1. The molecule has 0 amide bonds. The average molecular weight is 326 g/mol. The van der Waals surface area contributed by atoms with Crippen molar-refractivity contribution in [2.45, 2.75) is 18.6 Å². The Morgan fingerprint density at radius 2 is 1.94 bits per heavy atom. The Labute approximate surface area is 120 Å². The van der Waals surface area contributed by atoms with Crippen LogP contribution in [0.2, 0.25) is 0 Å². The van der Waals surface area contributed by atoms with Crippen LogP contribution in [-0.4, -0.2) is 13.2 Å². The highest BCUT2D eigenvalue weighted by molar-refractivity contribution is 9.11. The van der Waals surface area contributed by atoms with E-state index in [-0.39, 0.29) is 12.1 Å². The third-order valence-corrected chi connectivity index (χ3v) is 4.48. The molecule has 2 rings (SSSR count). The molecule has 18 heavy (non-hydrogen) atoms. The lowest BCUT2D eigenvalue weighted by Crippen LogP contribution is -2.31. The maximum Gasteiger partial charge on any atom is 0.0975 e. The highest BCUT2D eigenvalue weighted by Crippen LogP contribution is 2.26. The van der Waals surface area contributed by atoms with Gasteiger partial charge in [-0.2, -0.15) is 0 Å². The summed E-state index contributed by atoms with van der Waals surface area (Å²) in [5.41, 5.74) is 7.40. The van der Waals surface area contributed by atoms with Crippen molar-refractivity contribution in [3.8, 4) is 0 Å². The molecule has 1 aromatic carbocycles. The zero-order valence-electron chi connectivity index (χ0n) is 10.2. The Kier molecular flexibility index (Phi) is 4.95. The molecule has 2 nitrogen and oxygen atoms in total. The second-order valence-electron chi connectivity index (χ2n) is 4.14. The molecule has 0 saturated carbocycles. The van der Waals surface area contributed by atoms with Crippen LogP contribution >= 0.6 is 27.3 Å². The first kappa shape index (κ1) is 13.7. The quantitative estimate of drug-likeness (QED) is 0.908. The largest absolute Gasteiger partial charge is 0.375 e. The van der Waals surface area contributed by atoms with Crippen molar-refractivity contribution in [3.05, 3.63) is 56.7 Å². The molecule has 0 bridgehead atoms. The summed E-state index contributed by atoms with van der Waals surface area (Å²) < 4.78 is 6.68. The maximum atomic E-state index is 6.27. The topological polar surface area (TPSA) is 35.2 Å². The zero-order chi connectivity index (χ0) is 13.0. The summed E-state index contributed by atoms with van der Waals surface area (Å²) in [7, 11) is 1.71. The number of hydrogen-bond acceptors (Lipinski definition) is 3. The molecule has 0 saturated heterocycles. The maximum absolute atomic E-state index is 6.27. The van der Waals surface area contributed by atoms with Gasteiger partial charge in [-0.3, -0.25) is 0 Å². The highest BCUT2D eigenvalue weighted by atomic mass is 79.9. The van der Waals surface area contributed by atoms with E-state index in [0.717, 1.165) is 15.8 Å². The zero-order valence-corrected chi connectivity index (χ0v) is 12.6. The summed E-state index contributed by atoms with van der Waals surface area (Å²) in [5, 5.41) is 0. The van der Waals surface area contributed by atoms with Crippen molar-refractivity contribution >= 4 is 27.3 Å². The van der Waals surface area contributed by atoms with Crippen LogP contribution in [0.5, 0.6) is 0 Å². The van der Waals surface area contributed by atoms with Crippen molar-refractivity contribution in [3.63, 3.8) is 0 Å². The van der Waals surface area contributed by atoms with E-state index in [2.05, 4.69) is 40.2 Å². The van der Waals surface area contributed by atoms with Crippen molar-refractivity contribution < 1.29 is 4.74 Å². The van der Waals surface area contributed by atoms with E-state index in [1.165, 1.54) is 4.88 Å². The molecule has 0 aliphatic rings. The van der Waals surface area contributed by atoms with E-state index in [4.69, 9.17) is 10.5 Å². The van der Waals surface area contributed by atoms with Crippen LogP contribution in [0.3, 0.4) is 0 Å². The van der Waals surface area contributed by atoms with Crippen molar-refractivity contribution in [2.75, 3.05) is 7.11 Å². The first-order valence-corrected chi connectivity index (χ1v) is 7.39. The summed E-state index contributed by atoms with van der Waals surface area (Å²) in [5.74, 6) is 0. The van der Waals surface area contributed by atoms with Crippen LogP contribution in [0.25, 0.3) is 0 Å². The second-order valence-corrected chi connectivity index (χ2v) is 6.69. The van der Waals surface area contributed by atoms with E-state index in [1.54, 1.807) is 18.4 Å². The number of rotatable bonds is 5. The summed E-state index contributed by atoms with van der Waals surface area (Å²) >= 11 is 5.19. The minimum atomic E-state index is -0.0629. The lowest BCUT2D eigenvalue weighted by Gasteiger charge is -2.22. The summed E-state index contributed by atoms with van der Waals surface area (Å²) in [4.78, 5) is 1.27. The third-order valence-electron chi connectivity index (χ3n) is 2.84. The van der Waals surface area contributed by atoms with Crippen molar-refractivity contribution in [1.82, 2.24) is 0 Å².